The van der Waals surface area contributed by atoms with E-state index in [2.05, 4.69) is 0 Å². The van der Waals surface area contributed by atoms with Crippen molar-refractivity contribution in [3.05, 3.63) is 69.9 Å². The Bertz CT molecular complexity index is 1340. The van der Waals surface area contributed by atoms with Crippen molar-refractivity contribution >= 4 is 17.5 Å². The van der Waals surface area contributed by atoms with Crippen LogP contribution in [0.25, 0.3) is 5.70 Å². The number of nitrogens with zero attached hydrogens (tertiary/aromatic N) is 1. The number of carbonyl (C=O) groups is 2. The molecule has 198 valence electrons. The summed E-state index contributed by atoms with van der Waals surface area (Å²) in [5.74, 6) is -9.56. The largest absolute Gasteiger partial charge is 0.481 e. The van der Waals surface area contributed by atoms with Gasteiger partial charge in [0.15, 0.2) is 0 Å². The van der Waals surface area contributed by atoms with E-state index in [1.54, 1.807) is 12.1 Å². The highest BCUT2D eigenvalue weighted by atomic mass is 19.4. The van der Waals surface area contributed by atoms with E-state index < -0.39 is 58.2 Å². The molecular formula is C24H18F8N2O3. The lowest BCUT2D eigenvalue weighted by molar-refractivity contribution is -0.269. The minimum atomic E-state index is -6.26. The molecule has 2 amide bonds. The Kier molecular flexibility index (Phi) is 5.84. The molecule has 0 saturated carbocycles. The number of alkyl halides is 8. The Hall–Kier alpha value is -3.64. The lowest BCUT2D eigenvalue weighted by Gasteiger charge is -2.40. The number of amides is 2. The number of benzene rings is 2. The van der Waals surface area contributed by atoms with Crippen molar-refractivity contribution in [2.24, 2.45) is 0 Å². The maximum atomic E-state index is 13.9. The van der Waals surface area contributed by atoms with E-state index in [1.807, 2.05) is 0 Å². The molecule has 0 aliphatic carbocycles. The van der Waals surface area contributed by atoms with Crippen molar-refractivity contribution in [2.75, 3.05) is 0 Å². The van der Waals surface area contributed by atoms with Gasteiger partial charge in [-0.3, -0.25) is 9.59 Å². The highest BCUT2D eigenvalue weighted by Crippen LogP contribution is 2.48. The van der Waals surface area contributed by atoms with Crippen molar-refractivity contribution < 1.29 is 49.4 Å². The van der Waals surface area contributed by atoms with Gasteiger partial charge < -0.3 is 15.0 Å². The van der Waals surface area contributed by atoms with E-state index in [4.69, 9.17) is 4.74 Å². The molecule has 0 bridgehead atoms. The highest BCUT2D eigenvalue weighted by molar-refractivity contribution is 6.05. The Morgan fingerprint density at radius 1 is 1.00 bits per heavy atom. The molecule has 2 aromatic rings. The van der Waals surface area contributed by atoms with Crippen molar-refractivity contribution in [3.8, 4) is 5.75 Å². The third-order valence-corrected chi connectivity index (χ3v) is 6.14. The summed E-state index contributed by atoms with van der Waals surface area (Å²) in [5.41, 5.74) is -4.46. The van der Waals surface area contributed by atoms with Crippen molar-refractivity contribution in [1.29, 1.82) is 0 Å². The summed E-state index contributed by atoms with van der Waals surface area (Å²) in [4.78, 5) is 26.4. The van der Waals surface area contributed by atoms with Gasteiger partial charge in [0.25, 0.3) is 5.91 Å². The van der Waals surface area contributed by atoms with Gasteiger partial charge in [0.2, 0.25) is 0 Å². The fourth-order valence-electron chi connectivity index (χ4n) is 4.34. The molecule has 37 heavy (non-hydrogen) atoms. The fraction of sp³-hybridized carbons (Fsp3) is 0.333. The molecule has 0 fully saturated rings. The first-order chi connectivity index (χ1) is 16.9. The lowest BCUT2D eigenvalue weighted by atomic mass is 9.89. The Labute approximate surface area is 204 Å². The second-order valence-electron chi connectivity index (χ2n) is 9.02. The third-order valence-electron chi connectivity index (χ3n) is 6.14. The summed E-state index contributed by atoms with van der Waals surface area (Å²) in [7, 11) is 0. The summed E-state index contributed by atoms with van der Waals surface area (Å²) in [5, 5.41) is 1.53. The number of carbonyl (C=O) groups excluding carboxylic acids is 2. The Morgan fingerprint density at radius 3 is 2.19 bits per heavy atom. The molecule has 0 radical (unpaired) electrons. The molecule has 2 aliphatic heterocycles. The molecule has 0 atom stereocenters. The van der Waals surface area contributed by atoms with Crippen LogP contribution in [-0.2, 0) is 17.5 Å². The van der Waals surface area contributed by atoms with Crippen LogP contribution >= 0.6 is 0 Å². The van der Waals surface area contributed by atoms with Crippen LogP contribution in [0.4, 0.5) is 35.1 Å². The fourth-order valence-corrected chi connectivity index (χ4v) is 4.34. The predicted octanol–water partition coefficient (Wildman–Crippen LogP) is 5.82. The predicted molar refractivity (Wildman–Crippen MR) is 113 cm³/mol. The van der Waals surface area contributed by atoms with Crippen LogP contribution in [0.15, 0.2) is 42.1 Å². The number of rotatable bonds is 3. The SMILES string of the molecule is Cc1c(C(F)(F)F)ccc2c1C(N1Cc3ccccc3C1=O)=C(NC(=O)C(F)(F)C(F)(F)F)C(C)(C)O2. The van der Waals surface area contributed by atoms with Crippen molar-refractivity contribution in [2.45, 2.75) is 51.2 Å². The van der Waals surface area contributed by atoms with Crippen LogP contribution < -0.4 is 10.1 Å². The molecule has 0 aromatic heterocycles. The summed E-state index contributed by atoms with van der Waals surface area (Å²) in [6.45, 7) is 3.21. The summed E-state index contributed by atoms with van der Waals surface area (Å²) in [6.07, 6.45) is -11.1. The number of fused-ring (bicyclic) bond motifs is 2. The first kappa shape index (κ1) is 26.4. The van der Waals surface area contributed by atoms with E-state index in [1.165, 1.54) is 31.3 Å². The number of hydrogen-bond acceptors (Lipinski definition) is 3. The number of halogens is 8. The van der Waals surface area contributed by atoms with E-state index in [-0.39, 0.29) is 23.4 Å². The van der Waals surface area contributed by atoms with Crippen LogP contribution in [0.5, 0.6) is 5.75 Å². The zero-order chi connectivity index (χ0) is 27.7. The van der Waals surface area contributed by atoms with E-state index >= 15 is 0 Å². The van der Waals surface area contributed by atoms with Crippen LogP contribution in [0.1, 0.15) is 46.5 Å². The molecule has 2 aliphatic rings. The average molecular weight is 534 g/mol. The normalized spacial score (nSPS) is 17.4. The topological polar surface area (TPSA) is 58.6 Å². The number of nitrogens with one attached hydrogen (secondary N) is 1. The standard InChI is InChI=1S/C24H18F8N2O3/c1-11-14(23(27,28)29)8-9-15-16(11)17(34-10-12-6-4-5-7-13(12)19(34)35)18(21(2,3)37-15)33-20(36)22(25,26)24(30,31)32/h4-9H,10H2,1-3H3,(H,33,36). The molecule has 4 rings (SSSR count). The molecule has 2 heterocycles. The number of hydrogen-bond donors (Lipinski definition) is 1. The maximum Gasteiger partial charge on any atom is 0.463 e. The number of ether oxygens (including phenoxy) is 1. The smallest absolute Gasteiger partial charge is 0.463 e. The molecule has 5 nitrogen and oxygen atoms in total. The van der Waals surface area contributed by atoms with Crippen molar-refractivity contribution in [3.63, 3.8) is 0 Å². The van der Waals surface area contributed by atoms with Gasteiger partial charge in [-0.15, -0.1) is 0 Å². The Morgan fingerprint density at radius 2 is 1.62 bits per heavy atom. The zero-order valence-electron chi connectivity index (χ0n) is 19.4. The molecule has 2 aromatic carbocycles. The minimum absolute atomic E-state index is 0.150. The quantitative estimate of drug-likeness (QED) is 0.505. The van der Waals surface area contributed by atoms with Gasteiger partial charge in [-0.05, 0) is 50.1 Å². The van der Waals surface area contributed by atoms with Crippen LogP contribution in [-0.4, -0.2) is 34.4 Å². The van der Waals surface area contributed by atoms with Gasteiger partial charge in [0.1, 0.15) is 11.4 Å². The van der Waals surface area contributed by atoms with Crippen LogP contribution in [0.2, 0.25) is 0 Å². The molecule has 0 saturated heterocycles. The first-order valence-corrected chi connectivity index (χ1v) is 10.7. The summed E-state index contributed by atoms with van der Waals surface area (Å²) in [6, 6.07) is 7.78. The molecular weight excluding hydrogens is 516 g/mol. The second kappa shape index (κ2) is 8.18. The van der Waals surface area contributed by atoms with Crippen LogP contribution in [0, 0.1) is 6.92 Å². The molecule has 1 N–H and O–H groups in total. The first-order valence-electron chi connectivity index (χ1n) is 10.7. The van der Waals surface area contributed by atoms with Gasteiger partial charge in [-0.2, -0.15) is 35.1 Å². The second-order valence-corrected chi connectivity index (χ2v) is 9.02. The summed E-state index contributed by atoms with van der Waals surface area (Å²) < 4.78 is 113. The highest BCUT2D eigenvalue weighted by Gasteiger charge is 2.64. The molecule has 13 heteroatoms. The molecule has 0 spiro atoms. The van der Waals surface area contributed by atoms with Gasteiger partial charge in [-0.1, -0.05) is 18.2 Å². The van der Waals surface area contributed by atoms with Crippen LogP contribution in [0.3, 0.4) is 0 Å². The van der Waals surface area contributed by atoms with E-state index in [0.717, 1.165) is 24.0 Å². The van der Waals surface area contributed by atoms with Crippen molar-refractivity contribution in [1.82, 2.24) is 10.2 Å². The summed E-state index contributed by atoms with van der Waals surface area (Å²) >= 11 is 0. The zero-order valence-corrected chi connectivity index (χ0v) is 19.4. The van der Waals surface area contributed by atoms with Gasteiger partial charge in [0, 0.05) is 11.1 Å². The minimum Gasteiger partial charge on any atom is -0.481 e. The van der Waals surface area contributed by atoms with Gasteiger partial charge in [0.05, 0.1) is 23.5 Å². The van der Waals surface area contributed by atoms with Gasteiger partial charge in [-0.25, -0.2) is 0 Å². The van der Waals surface area contributed by atoms with E-state index in [9.17, 15) is 44.7 Å². The Balaban J connectivity index is 2.00. The van der Waals surface area contributed by atoms with E-state index in [0.29, 0.717) is 5.56 Å². The molecule has 0 unspecified atom stereocenters. The average Bonchev–Trinajstić information content (AvgIpc) is 3.09. The third kappa shape index (κ3) is 4.19. The monoisotopic (exact) mass is 534 g/mol. The van der Waals surface area contributed by atoms with Gasteiger partial charge >= 0.3 is 24.2 Å². The maximum absolute atomic E-state index is 13.9. The lowest BCUT2D eigenvalue weighted by Crippen LogP contribution is -2.54.